The molecule has 0 amide bonds. The third-order valence-electron chi connectivity index (χ3n) is 3.08. The number of benzene rings is 2. The van der Waals surface area contributed by atoms with E-state index in [-0.39, 0.29) is 17.3 Å². The maximum Gasteiger partial charge on any atom is 0.167 e. The Morgan fingerprint density at radius 3 is 2.50 bits per heavy atom. The van der Waals surface area contributed by atoms with Gasteiger partial charge in [-0.25, -0.2) is 8.78 Å². The van der Waals surface area contributed by atoms with Crippen molar-refractivity contribution in [3.05, 3.63) is 53.6 Å². The van der Waals surface area contributed by atoms with E-state index in [1.54, 1.807) is 30.1 Å². The Kier molecular flexibility index (Phi) is 4.08. The number of ether oxygens (including phenoxy) is 1. The molecule has 5 heteroatoms. The molecule has 0 heterocycles. The van der Waals surface area contributed by atoms with Crippen molar-refractivity contribution < 1.29 is 13.5 Å². The van der Waals surface area contributed by atoms with Crippen LogP contribution in [-0.4, -0.2) is 14.2 Å². The molecule has 0 unspecified atom stereocenters. The average molecular weight is 278 g/mol. The van der Waals surface area contributed by atoms with E-state index in [0.717, 1.165) is 0 Å². The molecule has 2 aromatic rings. The van der Waals surface area contributed by atoms with Gasteiger partial charge in [0, 0.05) is 31.3 Å². The molecule has 3 nitrogen and oxygen atoms in total. The van der Waals surface area contributed by atoms with Crippen LogP contribution in [0.5, 0.6) is 5.75 Å². The van der Waals surface area contributed by atoms with Crippen molar-refractivity contribution in [3.8, 4) is 5.75 Å². The van der Waals surface area contributed by atoms with E-state index in [0.29, 0.717) is 17.8 Å². The zero-order chi connectivity index (χ0) is 14.7. The lowest BCUT2D eigenvalue weighted by Gasteiger charge is -2.22. The molecule has 0 aliphatic rings. The van der Waals surface area contributed by atoms with Gasteiger partial charge in [-0.3, -0.25) is 0 Å². The Morgan fingerprint density at radius 2 is 1.85 bits per heavy atom. The first-order chi connectivity index (χ1) is 9.52. The topological polar surface area (TPSA) is 38.5 Å². The van der Waals surface area contributed by atoms with Gasteiger partial charge < -0.3 is 15.4 Å². The molecular formula is C15H16F2N2O. The van der Waals surface area contributed by atoms with Gasteiger partial charge >= 0.3 is 0 Å². The first-order valence-electron chi connectivity index (χ1n) is 6.10. The predicted molar refractivity (Wildman–Crippen MR) is 75.9 cm³/mol. The second-order valence-electron chi connectivity index (χ2n) is 4.49. The number of nitrogens with zero attached hydrogens (tertiary/aromatic N) is 1. The summed E-state index contributed by atoms with van der Waals surface area (Å²) >= 11 is 0. The molecule has 0 aliphatic heterocycles. The normalized spacial score (nSPS) is 10.4. The monoisotopic (exact) mass is 278 g/mol. The molecule has 106 valence electrons. The van der Waals surface area contributed by atoms with Gasteiger partial charge in [-0.2, -0.15) is 0 Å². The summed E-state index contributed by atoms with van der Waals surface area (Å²) in [5, 5.41) is 0. The third-order valence-corrected chi connectivity index (χ3v) is 3.08. The Bertz CT molecular complexity index is 617. The zero-order valence-electron chi connectivity index (χ0n) is 11.4. The number of hydrogen-bond acceptors (Lipinski definition) is 3. The van der Waals surface area contributed by atoms with Gasteiger partial charge in [0.25, 0.3) is 0 Å². The highest BCUT2D eigenvalue weighted by molar-refractivity contribution is 5.69. The Balaban J connectivity index is 2.30. The van der Waals surface area contributed by atoms with Crippen molar-refractivity contribution in [3.63, 3.8) is 0 Å². The molecule has 0 atom stereocenters. The fraction of sp³-hybridized carbons (Fsp3) is 0.200. The van der Waals surface area contributed by atoms with Crippen LogP contribution in [0.2, 0.25) is 0 Å². The van der Waals surface area contributed by atoms with Crippen LogP contribution in [0.4, 0.5) is 20.2 Å². The molecule has 0 fully saturated rings. The number of halogens is 2. The fourth-order valence-corrected chi connectivity index (χ4v) is 2.01. The van der Waals surface area contributed by atoms with Gasteiger partial charge in [0.05, 0.1) is 18.5 Å². The largest absolute Gasteiger partial charge is 0.494 e. The SMILES string of the molecule is COc1cc(N(C)Cc2ccccc2F)c(N)cc1F. The van der Waals surface area contributed by atoms with Crippen LogP contribution >= 0.6 is 0 Å². The lowest BCUT2D eigenvalue weighted by Crippen LogP contribution is -2.19. The summed E-state index contributed by atoms with van der Waals surface area (Å²) in [5.41, 5.74) is 7.22. The molecule has 0 bridgehead atoms. The van der Waals surface area contributed by atoms with E-state index in [2.05, 4.69) is 0 Å². The Morgan fingerprint density at radius 1 is 1.15 bits per heavy atom. The average Bonchev–Trinajstić information content (AvgIpc) is 2.41. The van der Waals surface area contributed by atoms with Crippen LogP contribution in [0.1, 0.15) is 5.56 Å². The van der Waals surface area contributed by atoms with E-state index in [1.807, 2.05) is 0 Å². The van der Waals surface area contributed by atoms with Gasteiger partial charge in [-0.1, -0.05) is 18.2 Å². The summed E-state index contributed by atoms with van der Waals surface area (Å²) in [5.74, 6) is -0.699. The van der Waals surface area contributed by atoms with Crippen LogP contribution in [0, 0.1) is 11.6 Å². The number of methoxy groups -OCH3 is 1. The molecule has 0 saturated carbocycles. The summed E-state index contributed by atoms with van der Waals surface area (Å²) in [4.78, 5) is 1.75. The summed E-state index contributed by atoms with van der Waals surface area (Å²) < 4.78 is 32.1. The Labute approximate surface area is 116 Å². The highest BCUT2D eigenvalue weighted by Crippen LogP contribution is 2.31. The van der Waals surface area contributed by atoms with E-state index < -0.39 is 5.82 Å². The van der Waals surface area contributed by atoms with Gasteiger partial charge in [0.2, 0.25) is 0 Å². The minimum Gasteiger partial charge on any atom is -0.494 e. The second-order valence-corrected chi connectivity index (χ2v) is 4.49. The van der Waals surface area contributed by atoms with Gasteiger partial charge in [-0.05, 0) is 6.07 Å². The molecule has 2 aromatic carbocycles. The maximum absolute atomic E-state index is 13.6. The third kappa shape index (κ3) is 2.82. The van der Waals surface area contributed by atoms with E-state index in [9.17, 15) is 8.78 Å². The minimum absolute atomic E-state index is 0.106. The summed E-state index contributed by atoms with van der Waals surface area (Å²) in [6, 6.07) is 9.20. The van der Waals surface area contributed by atoms with Crippen LogP contribution in [0.25, 0.3) is 0 Å². The maximum atomic E-state index is 13.6. The highest BCUT2D eigenvalue weighted by atomic mass is 19.1. The number of hydrogen-bond donors (Lipinski definition) is 1. The van der Waals surface area contributed by atoms with Crippen LogP contribution in [0.15, 0.2) is 36.4 Å². The van der Waals surface area contributed by atoms with E-state index in [1.165, 1.54) is 25.3 Å². The lowest BCUT2D eigenvalue weighted by molar-refractivity contribution is 0.387. The second kappa shape index (κ2) is 5.77. The molecule has 0 aromatic heterocycles. The highest BCUT2D eigenvalue weighted by Gasteiger charge is 2.13. The minimum atomic E-state index is -0.520. The van der Waals surface area contributed by atoms with Crippen LogP contribution in [0.3, 0.4) is 0 Å². The molecule has 0 radical (unpaired) electrons. The van der Waals surface area contributed by atoms with Crippen molar-refractivity contribution >= 4 is 11.4 Å². The molecule has 2 rings (SSSR count). The Hall–Kier alpha value is -2.30. The first kappa shape index (κ1) is 14.1. The zero-order valence-corrected chi connectivity index (χ0v) is 11.4. The summed E-state index contributed by atoms with van der Waals surface area (Å²) in [7, 11) is 3.14. The van der Waals surface area contributed by atoms with Crippen molar-refractivity contribution in [2.75, 3.05) is 24.8 Å². The van der Waals surface area contributed by atoms with Crippen molar-refractivity contribution in [2.45, 2.75) is 6.54 Å². The summed E-state index contributed by atoms with van der Waals surface area (Å²) in [6.07, 6.45) is 0. The molecule has 0 saturated heterocycles. The number of rotatable bonds is 4. The van der Waals surface area contributed by atoms with E-state index in [4.69, 9.17) is 10.5 Å². The summed E-state index contributed by atoms with van der Waals surface area (Å²) in [6.45, 7) is 0.325. The molecule has 2 N–H and O–H groups in total. The van der Waals surface area contributed by atoms with Gasteiger partial charge in [0.15, 0.2) is 11.6 Å². The standard InChI is InChI=1S/C15H16F2N2O/c1-19(9-10-5-3-4-6-11(10)16)14-8-15(20-2)12(17)7-13(14)18/h3-8H,9,18H2,1-2H3. The van der Waals surface area contributed by atoms with Crippen LogP contribution in [-0.2, 0) is 6.54 Å². The lowest BCUT2D eigenvalue weighted by atomic mass is 10.1. The van der Waals surface area contributed by atoms with Gasteiger partial charge in [0.1, 0.15) is 5.82 Å². The van der Waals surface area contributed by atoms with Crippen molar-refractivity contribution in [1.82, 2.24) is 0 Å². The van der Waals surface area contributed by atoms with Crippen molar-refractivity contribution in [1.29, 1.82) is 0 Å². The van der Waals surface area contributed by atoms with Gasteiger partial charge in [-0.15, -0.1) is 0 Å². The number of anilines is 2. The molecule has 0 aliphatic carbocycles. The molecular weight excluding hydrogens is 262 g/mol. The molecule has 20 heavy (non-hydrogen) atoms. The quantitative estimate of drug-likeness (QED) is 0.873. The fourth-order valence-electron chi connectivity index (χ4n) is 2.01. The first-order valence-corrected chi connectivity index (χ1v) is 6.10. The van der Waals surface area contributed by atoms with Crippen molar-refractivity contribution in [2.24, 2.45) is 0 Å². The number of nitrogen functional groups attached to an aromatic ring is 1. The molecule has 0 spiro atoms. The predicted octanol–water partition coefficient (Wildman–Crippen LogP) is 3.19. The number of nitrogens with two attached hydrogens (primary N) is 1. The van der Waals surface area contributed by atoms with E-state index >= 15 is 0 Å². The smallest absolute Gasteiger partial charge is 0.167 e. The van der Waals surface area contributed by atoms with Crippen LogP contribution < -0.4 is 15.4 Å².